The van der Waals surface area contributed by atoms with Crippen molar-refractivity contribution in [2.45, 2.75) is 18.4 Å². The van der Waals surface area contributed by atoms with Gasteiger partial charge in [-0.1, -0.05) is 23.2 Å². The zero-order valence-electron chi connectivity index (χ0n) is 17.1. The first kappa shape index (κ1) is 23.0. The number of aromatic amines is 1. The van der Waals surface area contributed by atoms with Gasteiger partial charge in [0.1, 0.15) is 10.7 Å². The molecular weight excluding hydrogens is 490 g/mol. The number of hydrogen-bond donors (Lipinski definition) is 3. The predicted molar refractivity (Wildman–Crippen MR) is 126 cm³/mol. The standard InChI is InChI=1S/C22H17Cl2FN4O3S/c1-12-6-7-26-14(8-12)10-28-22(30)13-2-5-19(17(25)9-13)33(31,32)29-18-4-3-15(23)20-16(24)11-27-21(18)20/h2-9,11,27,29H,10H2,1H3,(H,28,30). The summed E-state index contributed by atoms with van der Waals surface area (Å²) in [6, 6.07) is 9.70. The Morgan fingerprint density at radius 3 is 2.64 bits per heavy atom. The Bertz CT molecular complexity index is 1490. The van der Waals surface area contributed by atoms with E-state index in [1.807, 2.05) is 19.1 Å². The SMILES string of the molecule is Cc1ccnc(CNC(=O)c2ccc(S(=O)(=O)Nc3ccc(Cl)c4c(Cl)c[nH]c34)c(F)c2)c1. The lowest BCUT2D eigenvalue weighted by atomic mass is 10.2. The highest BCUT2D eigenvalue weighted by Crippen LogP contribution is 2.35. The molecule has 2 aromatic heterocycles. The summed E-state index contributed by atoms with van der Waals surface area (Å²) in [4.78, 5) is 18.8. The first-order valence-corrected chi connectivity index (χ1v) is 11.9. The van der Waals surface area contributed by atoms with Crippen LogP contribution in [0.25, 0.3) is 10.9 Å². The van der Waals surface area contributed by atoms with E-state index < -0.39 is 26.6 Å². The van der Waals surface area contributed by atoms with E-state index in [2.05, 4.69) is 20.0 Å². The van der Waals surface area contributed by atoms with Gasteiger partial charge in [0.15, 0.2) is 0 Å². The predicted octanol–water partition coefficient (Wildman–Crippen LogP) is 5.05. The van der Waals surface area contributed by atoms with Gasteiger partial charge in [-0.25, -0.2) is 12.8 Å². The number of nitrogens with one attached hydrogen (secondary N) is 3. The first-order valence-electron chi connectivity index (χ1n) is 9.63. The lowest BCUT2D eigenvalue weighted by Gasteiger charge is -2.12. The number of H-pyrrole nitrogens is 1. The minimum absolute atomic E-state index is 0.0239. The Labute approximate surface area is 199 Å². The quantitative estimate of drug-likeness (QED) is 0.340. The largest absolute Gasteiger partial charge is 0.358 e. The second kappa shape index (κ2) is 9.01. The van der Waals surface area contributed by atoms with Crippen LogP contribution >= 0.6 is 23.2 Å². The lowest BCUT2D eigenvalue weighted by molar-refractivity contribution is 0.0949. The molecule has 7 nitrogen and oxygen atoms in total. The third-order valence-corrected chi connectivity index (χ3v) is 6.88. The number of halogens is 3. The number of fused-ring (bicyclic) bond motifs is 1. The number of aromatic nitrogens is 2. The van der Waals surface area contributed by atoms with Crippen molar-refractivity contribution in [3.63, 3.8) is 0 Å². The van der Waals surface area contributed by atoms with Crippen molar-refractivity contribution >= 4 is 55.7 Å². The van der Waals surface area contributed by atoms with Gasteiger partial charge in [0.2, 0.25) is 0 Å². The van der Waals surface area contributed by atoms with Gasteiger partial charge in [-0.15, -0.1) is 0 Å². The van der Waals surface area contributed by atoms with Crippen molar-refractivity contribution in [1.29, 1.82) is 0 Å². The molecule has 3 N–H and O–H groups in total. The summed E-state index contributed by atoms with van der Waals surface area (Å²) in [6.07, 6.45) is 3.09. The van der Waals surface area contributed by atoms with Crippen LogP contribution in [0.5, 0.6) is 0 Å². The van der Waals surface area contributed by atoms with Crippen molar-refractivity contribution in [2.75, 3.05) is 4.72 Å². The van der Waals surface area contributed by atoms with Gasteiger partial charge in [0.05, 0.1) is 33.5 Å². The van der Waals surface area contributed by atoms with E-state index in [4.69, 9.17) is 23.2 Å². The Hall–Kier alpha value is -3.14. The highest BCUT2D eigenvalue weighted by atomic mass is 35.5. The molecule has 0 atom stereocenters. The van der Waals surface area contributed by atoms with E-state index in [1.165, 1.54) is 24.4 Å². The topological polar surface area (TPSA) is 104 Å². The fraction of sp³-hybridized carbons (Fsp3) is 0.0909. The normalized spacial score (nSPS) is 11.5. The number of benzene rings is 2. The average molecular weight is 507 g/mol. The van der Waals surface area contributed by atoms with Gasteiger partial charge in [-0.2, -0.15) is 0 Å². The molecule has 0 aliphatic carbocycles. The number of amides is 1. The molecule has 0 unspecified atom stereocenters. The van der Waals surface area contributed by atoms with Crippen LogP contribution in [0.1, 0.15) is 21.6 Å². The van der Waals surface area contributed by atoms with Crippen LogP contribution in [0.3, 0.4) is 0 Å². The second-order valence-electron chi connectivity index (χ2n) is 7.24. The molecule has 2 aromatic carbocycles. The third-order valence-electron chi connectivity index (χ3n) is 4.87. The summed E-state index contributed by atoms with van der Waals surface area (Å²) in [5, 5.41) is 3.72. The van der Waals surface area contributed by atoms with Crippen LogP contribution in [-0.2, 0) is 16.6 Å². The molecule has 170 valence electrons. The summed E-state index contributed by atoms with van der Waals surface area (Å²) in [5.41, 5.74) is 2.11. The molecule has 2 heterocycles. The maximum Gasteiger partial charge on any atom is 0.264 e. The van der Waals surface area contributed by atoms with Crippen molar-refractivity contribution in [3.8, 4) is 0 Å². The Balaban J connectivity index is 1.55. The minimum atomic E-state index is -4.31. The second-order valence-corrected chi connectivity index (χ2v) is 9.70. The zero-order chi connectivity index (χ0) is 23.8. The molecule has 0 saturated heterocycles. The molecule has 0 aliphatic rings. The molecule has 0 fully saturated rings. The number of carbonyl (C=O) groups is 1. The molecule has 4 aromatic rings. The molecule has 0 saturated carbocycles. The van der Waals surface area contributed by atoms with E-state index in [0.29, 0.717) is 26.6 Å². The number of pyridine rings is 1. The Kier molecular flexibility index (Phi) is 6.29. The molecule has 4 rings (SSSR count). The number of rotatable bonds is 6. The number of carbonyl (C=O) groups excluding carboxylic acids is 1. The van der Waals surface area contributed by atoms with Crippen molar-refractivity contribution < 1.29 is 17.6 Å². The van der Waals surface area contributed by atoms with Crippen LogP contribution < -0.4 is 10.0 Å². The van der Waals surface area contributed by atoms with Crippen molar-refractivity contribution in [3.05, 3.63) is 87.5 Å². The van der Waals surface area contributed by atoms with E-state index in [1.54, 1.807) is 6.20 Å². The Morgan fingerprint density at radius 2 is 1.91 bits per heavy atom. The number of nitrogens with zero attached hydrogens (tertiary/aromatic N) is 1. The summed E-state index contributed by atoms with van der Waals surface area (Å²) in [5.74, 6) is -1.63. The molecule has 0 spiro atoms. The maximum atomic E-state index is 14.7. The lowest BCUT2D eigenvalue weighted by Crippen LogP contribution is -2.24. The highest BCUT2D eigenvalue weighted by Gasteiger charge is 2.23. The Morgan fingerprint density at radius 1 is 1.12 bits per heavy atom. The van der Waals surface area contributed by atoms with Crippen LogP contribution in [0.15, 0.2) is 59.8 Å². The number of aryl methyl sites for hydroxylation is 1. The fourth-order valence-corrected chi connectivity index (χ4v) is 4.97. The molecular formula is C22H17Cl2FN4O3S. The number of anilines is 1. The number of sulfonamides is 1. The van der Waals surface area contributed by atoms with E-state index in [9.17, 15) is 17.6 Å². The summed E-state index contributed by atoms with van der Waals surface area (Å²) >= 11 is 12.2. The highest BCUT2D eigenvalue weighted by molar-refractivity contribution is 7.92. The molecule has 0 bridgehead atoms. The maximum absolute atomic E-state index is 14.7. The molecule has 0 radical (unpaired) electrons. The van der Waals surface area contributed by atoms with E-state index >= 15 is 0 Å². The van der Waals surface area contributed by atoms with Gasteiger partial charge in [0.25, 0.3) is 15.9 Å². The van der Waals surface area contributed by atoms with Gasteiger partial charge in [0, 0.05) is 23.3 Å². The van der Waals surface area contributed by atoms with Crippen LogP contribution in [0.4, 0.5) is 10.1 Å². The van der Waals surface area contributed by atoms with Gasteiger partial charge in [-0.05, 0) is 55.0 Å². The van der Waals surface area contributed by atoms with Crippen molar-refractivity contribution in [1.82, 2.24) is 15.3 Å². The summed E-state index contributed by atoms with van der Waals surface area (Å²) in [7, 11) is -4.31. The fourth-order valence-electron chi connectivity index (χ4n) is 3.28. The summed E-state index contributed by atoms with van der Waals surface area (Å²) in [6.45, 7) is 2.05. The van der Waals surface area contributed by atoms with Crippen LogP contribution in [0, 0.1) is 12.7 Å². The molecule has 11 heteroatoms. The monoisotopic (exact) mass is 506 g/mol. The zero-order valence-corrected chi connectivity index (χ0v) is 19.4. The van der Waals surface area contributed by atoms with Crippen molar-refractivity contribution in [2.24, 2.45) is 0 Å². The molecule has 33 heavy (non-hydrogen) atoms. The average Bonchev–Trinajstić information content (AvgIpc) is 3.16. The third kappa shape index (κ3) is 4.80. The van der Waals surface area contributed by atoms with Gasteiger partial charge >= 0.3 is 0 Å². The van der Waals surface area contributed by atoms with Crippen LogP contribution in [0.2, 0.25) is 10.0 Å². The van der Waals surface area contributed by atoms with E-state index in [0.717, 1.165) is 17.7 Å². The number of hydrogen-bond acceptors (Lipinski definition) is 4. The molecule has 0 aliphatic heterocycles. The van der Waals surface area contributed by atoms with Gasteiger partial charge < -0.3 is 10.3 Å². The summed E-state index contributed by atoms with van der Waals surface area (Å²) < 4.78 is 42.8. The molecule has 1 amide bonds. The minimum Gasteiger partial charge on any atom is -0.358 e. The van der Waals surface area contributed by atoms with Crippen LogP contribution in [-0.4, -0.2) is 24.3 Å². The first-order chi connectivity index (χ1) is 15.7. The van der Waals surface area contributed by atoms with E-state index in [-0.39, 0.29) is 17.8 Å². The van der Waals surface area contributed by atoms with Gasteiger partial charge in [-0.3, -0.25) is 14.5 Å². The smallest absolute Gasteiger partial charge is 0.264 e.